The zero-order valence-corrected chi connectivity index (χ0v) is 13.8. The van der Waals surface area contributed by atoms with Crippen LogP contribution in [0.5, 0.6) is 0 Å². The molecule has 0 bridgehead atoms. The fourth-order valence-corrected chi connectivity index (χ4v) is 3.32. The first-order valence-electron chi connectivity index (χ1n) is 7.57. The van der Waals surface area contributed by atoms with Crippen LogP contribution in [0.15, 0.2) is 43.2 Å². The van der Waals surface area contributed by atoms with Crippen molar-refractivity contribution in [3.8, 4) is 11.4 Å². The maximum Gasteiger partial charge on any atom is 0.159 e. The predicted molar refractivity (Wildman–Crippen MR) is 92.4 cm³/mol. The van der Waals surface area contributed by atoms with Crippen LogP contribution in [0.3, 0.4) is 0 Å². The zero-order chi connectivity index (χ0) is 15.5. The molecule has 1 aromatic heterocycles. The van der Waals surface area contributed by atoms with E-state index >= 15 is 0 Å². The van der Waals surface area contributed by atoms with Gasteiger partial charge >= 0.3 is 0 Å². The number of allylic oxidation sites excluding steroid dienone is 1. The molecular formula is C18H18Cl2N2. The molecule has 4 heteroatoms. The van der Waals surface area contributed by atoms with E-state index in [-0.39, 0.29) is 0 Å². The Morgan fingerprint density at radius 2 is 1.68 bits per heavy atom. The zero-order valence-electron chi connectivity index (χ0n) is 12.3. The third-order valence-corrected chi connectivity index (χ3v) is 5.17. The van der Waals surface area contributed by atoms with Gasteiger partial charge in [-0.2, -0.15) is 0 Å². The average Bonchev–Trinajstić information content (AvgIpc) is 2.58. The van der Waals surface area contributed by atoms with E-state index in [9.17, 15) is 0 Å². The summed E-state index contributed by atoms with van der Waals surface area (Å²) in [6, 6.07) is 5.46. The summed E-state index contributed by atoms with van der Waals surface area (Å²) in [6.07, 6.45) is 10.8. The van der Waals surface area contributed by atoms with E-state index in [1.807, 2.05) is 18.5 Å². The van der Waals surface area contributed by atoms with Gasteiger partial charge in [0.25, 0.3) is 0 Å². The number of aromatic nitrogens is 2. The quantitative estimate of drug-likeness (QED) is 0.653. The van der Waals surface area contributed by atoms with Crippen LogP contribution in [0.1, 0.15) is 37.2 Å². The summed E-state index contributed by atoms with van der Waals surface area (Å²) in [6.45, 7) is 3.90. The average molecular weight is 333 g/mol. The second-order valence-electron chi connectivity index (χ2n) is 5.82. The van der Waals surface area contributed by atoms with Crippen molar-refractivity contribution in [2.75, 3.05) is 0 Å². The highest BCUT2D eigenvalue weighted by molar-refractivity contribution is 6.42. The van der Waals surface area contributed by atoms with Crippen LogP contribution >= 0.6 is 23.2 Å². The van der Waals surface area contributed by atoms with Crippen molar-refractivity contribution in [2.24, 2.45) is 5.92 Å². The van der Waals surface area contributed by atoms with Crippen LogP contribution in [0.4, 0.5) is 0 Å². The minimum Gasteiger partial charge on any atom is -0.236 e. The Morgan fingerprint density at radius 3 is 2.27 bits per heavy atom. The van der Waals surface area contributed by atoms with Gasteiger partial charge in [-0.1, -0.05) is 29.3 Å². The van der Waals surface area contributed by atoms with Gasteiger partial charge in [-0.3, -0.25) is 0 Å². The summed E-state index contributed by atoms with van der Waals surface area (Å²) in [5.74, 6) is 1.92. The standard InChI is InChI=1S/C18H18Cl2N2/c1-2-12-3-5-13(6-4-12)15-10-21-18(22-11-15)14-7-8-16(19)17(20)9-14/h2,7-13H,1,3-6H2/t12-,13-. The van der Waals surface area contributed by atoms with E-state index in [1.165, 1.54) is 31.2 Å². The molecule has 0 saturated heterocycles. The number of hydrogen-bond donors (Lipinski definition) is 0. The molecule has 114 valence electrons. The van der Waals surface area contributed by atoms with Crippen LogP contribution in [0.2, 0.25) is 10.0 Å². The van der Waals surface area contributed by atoms with Crippen molar-refractivity contribution in [3.05, 3.63) is 58.9 Å². The van der Waals surface area contributed by atoms with Crippen molar-refractivity contribution in [3.63, 3.8) is 0 Å². The van der Waals surface area contributed by atoms with Crippen LogP contribution in [0, 0.1) is 5.92 Å². The molecular weight excluding hydrogens is 315 g/mol. The summed E-state index contributed by atoms with van der Waals surface area (Å²) in [4.78, 5) is 9.00. The molecule has 1 aliphatic carbocycles. The minimum absolute atomic E-state index is 0.523. The highest BCUT2D eigenvalue weighted by Gasteiger charge is 2.21. The molecule has 0 radical (unpaired) electrons. The van der Waals surface area contributed by atoms with Crippen molar-refractivity contribution in [1.29, 1.82) is 0 Å². The highest BCUT2D eigenvalue weighted by atomic mass is 35.5. The van der Waals surface area contributed by atoms with E-state index in [4.69, 9.17) is 23.2 Å². The molecule has 1 aromatic carbocycles. The lowest BCUT2D eigenvalue weighted by Crippen LogP contribution is -2.12. The number of halogens is 2. The first-order chi connectivity index (χ1) is 10.7. The van der Waals surface area contributed by atoms with Crippen LogP contribution in [0.25, 0.3) is 11.4 Å². The fourth-order valence-electron chi connectivity index (χ4n) is 3.02. The molecule has 22 heavy (non-hydrogen) atoms. The fraction of sp³-hybridized carbons (Fsp3) is 0.333. The van der Waals surface area contributed by atoms with Gasteiger partial charge in [0.05, 0.1) is 10.0 Å². The van der Waals surface area contributed by atoms with Gasteiger partial charge in [0.1, 0.15) is 0 Å². The second-order valence-corrected chi connectivity index (χ2v) is 6.63. The first kappa shape index (κ1) is 15.5. The lowest BCUT2D eigenvalue weighted by molar-refractivity contribution is 0.375. The van der Waals surface area contributed by atoms with Crippen LogP contribution in [-0.2, 0) is 0 Å². The van der Waals surface area contributed by atoms with Crippen molar-refractivity contribution in [1.82, 2.24) is 9.97 Å². The summed E-state index contributed by atoms with van der Waals surface area (Å²) in [7, 11) is 0. The molecule has 1 heterocycles. The highest BCUT2D eigenvalue weighted by Crippen LogP contribution is 2.36. The first-order valence-corrected chi connectivity index (χ1v) is 8.33. The summed E-state index contributed by atoms with van der Waals surface area (Å²) in [5, 5.41) is 1.07. The van der Waals surface area contributed by atoms with Gasteiger partial charge < -0.3 is 0 Å². The summed E-state index contributed by atoms with van der Waals surface area (Å²) < 4.78 is 0. The van der Waals surface area contributed by atoms with Gasteiger partial charge in [0.2, 0.25) is 0 Å². The molecule has 0 spiro atoms. The third kappa shape index (κ3) is 3.34. The van der Waals surface area contributed by atoms with Crippen molar-refractivity contribution < 1.29 is 0 Å². The number of rotatable bonds is 3. The molecule has 0 unspecified atom stereocenters. The largest absolute Gasteiger partial charge is 0.236 e. The van der Waals surface area contributed by atoms with Gasteiger partial charge in [0.15, 0.2) is 5.82 Å². The summed E-state index contributed by atoms with van der Waals surface area (Å²) >= 11 is 12.0. The number of nitrogens with zero attached hydrogens (tertiary/aromatic N) is 2. The Bertz CT molecular complexity index is 659. The molecule has 1 saturated carbocycles. The van der Waals surface area contributed by atoms with Gasteiger partial charge in [-0.15, -0.1) is 6.58 Å². The molecule has 0 amide bonds. The molecule has 0 atom stereocenters. The lowest BCUT2D eigenvalue weighted by atomic mass is 9.79. The minimum atomic E-state index is 0.523. The smallest absolute Gasteiger partial charge is 0.159 e. The molecule has 0 aliphatic heterocycles. The molecule has 2 nitrogen and oxygen atoms in total. The van der Waals surface area contributed by atoms with Gasteiger partial charge in [-0.05, 0) is 61.3 Å². The Balaban J connectivity index is 1.75. The Labute approximate surface area is 141 Å². The Hall–Kier alpha value is -1.38. The topological polar surface area (TPSA) is 25.8 Å². The monoisotopic (exact) mass is 332 g/mol. The number of benzene rings is 1. The number of hydrogen-bond acceptors (Lipinski definition) is 2. The lowest BCUT2D eigenvalue weighted by Gasteiger charge is -2.26. The van der Waals surface area contributed by atoms with Crippen LogP contribution < -0.4 is 0 Å². The molecule has 1 aliphatic rings. The Morgan fingerprint density at radius 1 is 1.00 bits per heavy atom. The maximum atomic E-state index is 6.05. The van der Waals surface area contributed by atoms with E-state index in [2.05, 4.69) is 22.6 Å². The van der Waals surface area contributed by atoms with Gasteiger partial charge in [-0.25, -0.2) is 9.97 Å². The normalized spacial score (nSPS) is 21.5. The van der Waals surface area contributed by atoms with Crippen molar-refractivity contribution >= 4 is 23.2 Å². The van der Waals surface area contributed by atoms with E-state index < -0.39 is 0 Å². The molecule has 1 fully saturated rings. The Kier molecular flexibility index (Phi) is 4.80. The SMILES string of the molecule is C=C[C@H]1CC[C@H](c2cnc(-c3ccc(Cl)c(Cl)c3)nc2)CC1. The third-order valence-electron chi connectivity index (χ3n) is 4.43. The van der Waals surface area contributed by atoms with E-state index in [0.717, 1.165) is 5.56 Å². The molecule has 2 aromatic rings. The van der Waals surface area contributed by atoms with Crippen LogP contribution in [-0.4, -0.2) is 9.97 Å². The second kappa shape index (κ2) is 6.80. The van der Waals surface area contributed by atoms with Gasteiger partial charge in [0, 0.05) is 18.0 Å². The summed E-state index contributed by atoms with van der Waals surface area (Å²) in [5.41, 5.74) is 2.11. The van der Waals surface area contributed by atoms with Crippen molar-refractivity contribution in [2.45, 2.75) is 31.6 Å². The molecule has 0 N–H and O–H groups in total. The van der Waals surface area contributed by atoms with E-state index in [1.54, 1.807) is 12.1 Å². The van der Waals surface area contributed by atoms with E-state index in [0.29, 0.717) is 27.7 Å². The maximum absolute atomic E-state index is 6.05. The predicted octanol–water partition coefficient (Wildman–Crippen LogP) is 5.91. The molecule has 3 rings (SSSR count).